The van der Waals surface area contributed by atoms with Crippen LogP contribution in [0, 0.1) is 11.8 Å². The maximum absolute atomic E-state index is 11.8. The second kappa shape index (κ2) is 9.02. The highest BCUT2D eigenvalue weighted by Gasteiger charge is 2.40. The van der Waals surface area contributed by atoms with Crippen LogP contribution in [-0.4, -0.2) is 38.5 Å². The number of aliphatic hydroxyl groups is 1. The van der Waals surface area contributed by atoms with Crippen LogP contribution >= 0.6 is 0 Å². The van der Waals surface area contributed by atoms with Crippen LogP contribution in [0.2, 0.25) is 0 Å². The van der Waals surface area contributed by atoms with E-state index >= 15 is 0 Å². The molecule has 0 radical (unpaired) electrons. The molecule has 1 aromatic rings. The van der Waals surface area contributed by atoms with Crippen molar-refractivity contribution in [1.29, 1.82) is 0 Å². The van der Waals surface area contributed by atoms with Crippen molar-refractivity contribution in [2.75, 3.05) is 33.4 Å². The molecular weight excluding hydrogens is 314 g/mol. The molecule has 1 heterocycles. The Morgan fingerprint density at radius 1 is 1.20 bits per heavy atom. The molecule has 1 saturated carbocycles. The van der Waals surface area contributed by atoms with Gasteiger partial charge in [0.05, 0.1) is 12.2 Å². The van der Waals surface area contributed by atoms with Crippen molar-refractivity contribution in [3.63, 3.8) is 0 Å². The van der Waals surface area contributed by atoms with E-state index in [1.807, 2.05) is 18.2 Å². The highest BCUT2D eigenvalue weighted by molar-refractivity contribution is 5.39. The third-order valence-corrected chi connectivity index (χ3v) is 5.65. The van der Waals surface area contributed by atoms with Crippen LogP contribution in [0.15, 0.2) is 24.3 Å². The van der Waals surface area contributed by atoms with E-state index in [1.54, 1.807) is 7.11 Å². The average molecular weight is 347 g/mol. The van der Waals surface area contributed by atoms with Gasteiger partial charge in [-0.15, -0.1) is 0 Å². The molecule has 0 spiro atoms. The lowest BCUT2D eigenvalue weighted by Crippen LogP contribution is -2.44. The Labute approximate surface area is 151 Å². The summed E-state index contributed by atoms with van der Waals surface area (Å²) in [6.07, 6.45) is 7.42. The summed E-state index contributed by atoms with van der Waals surface area (Å²) in [5.74, 6) is 1.81. The van der Waals surface area contributed by atoms with Crippen LogP contribution in [0.25, 0.3) is 0 Å². The summed E-state index contributed by atoms with van der Waals surface area (Å²) < 4.78 is 11.3. The zero-order valence-corrected chi connectivity index (χ0v) is 15.5. The molecule has 4 heteroatoms. The van der Waals surface area contributed by atoms with Gasteiger partial charge in [-0.2, -0.15) is 0 Å². The van der Waals surface area contributed by atoms with Gasteiger partial charge in [0, 0.05) is 31.7 Å². The van der Waals surface area contributed by atoms with Crippen LogP contribution < -0.4 is 10.1 Å². The quantitative estimate of drug-likeness (QED) is 0.636. The van der Waals surface area contributed by atoms with E-state index in [-0.39, 0.29) is 5.92 Å². The molecule has 1 aliphatic heterocycles. The van der Waals surface area contributed by atoms with Crippen LogP contribution in [0.3, 0.4) is 0 Å². The van der Waals surface area contributed by atoms with E-state index < -0.39 is 5.60 Å². The number of piperidine rings is 1. The third-order valence-electron chi connectivity index (χ3n) is 5.65. The lowest BCUT2D eigenvalue weighted by atomic mass is 9.74. The molecule has 2 aliphatic rings. The number of benzene rings is 1. The van der Waals surface area contributed by atoms with E-state index in [4.69, 9.17) is 9.47 Å². The number of hydrogen-bond acceptors (Lipinski definition) is 4. The van der Waals surface area contributed by atoms with Crippen molar-refractivity contribution in [2.45, 2.75) is 50.5 Å². The van der Waals surface area contributed by atoms with E-state index in [9.17, 15) is 5.11 Å². The van der Waals surface area contributed by atoms with Crippen molar-refractivity contribution >= 4 is 0 Å². The predicted octanol–water partition coefficient (Wildman–Crippen LogP) is 3.48. The van der Waals surface area contributed by atoms with E-state index in [1.165, 1.54) is 12.8 Å². The van der Waals surface area contributed by atoms with Crippen molar-refractivity contribution in [3.8, 4) is 5.75 Å². The lowest BCUT2D eigenvalue weighted by Gasteiger charge is -2.40. The highest BCUT2D eigenvalue weighted by atomic mass is 16.5. The van der Waals surface area contributed by atoms with Crippen LogP contribution in [0.5, 0.6) is 5.75 Å². The van der Waals surface area contributed by atoms with Crippen molar-refractivity contribution in [3.05, 3.63) is 29.8 Å². The van der Waals surface area contributed by atoms with E-state index in [0.717, 1.165) is 69.7 Å². The number of rotatable bonds is 10. The molecule has 2 atom stereocenters. The zero-order chi connectivity index (χ0) is 17.5. The van der Waals surface area contributed by atoms with Gasteiger partial charge in [0.25, 0.3) is 0 Å². The van der Waals surface area contributed by atoms with Crippen LogP contribution in [-0.2, 0) is 10.3 Å². The van der Waals surface area contributed by atoms with Gasteiger partial charge in [-0.25, -0.2) is 0 Å². The molecule has 1 aliphatic carbocycles. The molecule has 25 heavy (non-hydrogen) atoms. The van der Waals surface area contributed by atoms with E-state index in [2.05, 4.69) is 11.4 Å². The van der Waals surface area contributed by atoms with Gasteiger partial charge < -0.3 is 19.9 Å². The van der Waals surface area contributed by atoms with Gasteiger partial charge in [-0.3, -0.25) is 0 Å². The fourth-order valence-electron chi connectivity index (χ4n) is 3.90. The molecular formula is C21H33NO3. The van der Waals surface area contributed by atoms with Crippen LogP contribution in [0.1, 0.15) is 50.5 Å². The van der Waals surface area contributed by atoms with E-state index in [0.29, 0.717) is 5.92 Å². The van der Waals surface area contributed by atoms with Crippen molar-refractivity contribution < 1.29 is 14.6 Å². The number of methoxy groups -OCH3 is 1. The summed E-state index contributed by atoms with van der Waals surface area (Å²) in [5.41, 5.74) is 0.142. The van der Waals surface area contributed by atoms with Crippen molar-refractivity contribution in [2.24, 2.45) is 11.8 Å². The Balaban J connectivity index is 1.79. The standard InChI is InChI=1S/C21H33NO3/c1-24-14-5-4-12-21(23,18-7-6-13-22-15-18)19-8-2-3-9-20(19)25-16-17-10-11-17/h2-3,8-9,17-18,22-23H,4-7,10-16H2,1H3/t18-,21?/m1/s1. The van der Waals surface area contributed by atoms with Gasteiger partial charge in [0.15, 0.2) is 0 Å². The average Bonchev–Trinajstić information content (AvgIpc) is 3.49. The fraction of sp³-hybridized carbons (Fsp3) is 0.714. The SMILES string of the molecule is COCCCCC(O)(c1ccccc1OCC1CC1)[C@@H]1CCCNC1. The summed E-state index contributed by atoms with van der Waals surface area (Å²) in [6, 6.07) is 8.12. The van der Waals surface area contributed by atoms with Gasteiger partial charge in [0.1, 0.15) is 5.75 Å². The molecule has 0 bridgehead atoms. The lowest BCUT2D eigenvalue weighted by molar-refractivity contribution is -0.0453. The minimum absolute atomic E-state index is 0.231. The molecule has 2 fully saturated rings. The molecule has 3 rings (SSSR count). The Morgan fingerprint density at radius 2 is 2.04 bits per heavy atom. The molecule has 0 amide bonds. The number of hydrogen-bond donors (Lipinski definition) is 2. The van der Waals surface area contributed by atoms with Crippen LogP contribution in [0.4, 0.5) is 0 Å². The largest absolute Gasteiger partial charge is 0.493 e. The Hall–Kier alpha value is -1.10. The topological polar surface area (TPSA) is 50.7 Å². The Morgan fingerprint density at radius 3 is 2.76 bits per heavy atom. The van der Waals surface area contributed by atoms with Gasteiger partial charge in [-0.1, -0.05) is 18.2 Å². The molecule has 140 valence electrons. The first-order chi connectivity index (χ1) is 12.2. The maximum atomic E-state index is 11.8. The minimum atomic E-state index is -0.832. The molecule has 1 aromatic carbocycles. The van der Waals surface area contributed by atoms with Gasteiger partial charge in [0.2, 0.25) is 0 Å². The van der Waals surface area contributed by atoms with Gasteiger partial charge in [-0.05, 0) is 63.5 Å². The summed E-state index contributed by atoms with van der Waals surface area (Å²) in [6.45, 7) is 3.45. The Bertz CT molecular complexity index is 526. The van der Waals surface area contributed by atoms with Gasteiger partial charge >= 0.3 is 0 Å². The smallest absolute Gasteiger partial charge is 0.125 e. The summed E-state index contributed by atoms with van der Waals surface area (Å²) in [5, 5.41) is 15.3. The maximum Gasteiger partial charge on any atom is 0.125 e. The number of unbranched alkanes of at least 4 members (excludes halogenated alkanes) is 1. The summed E-state index contributed by atoms with van der Waals surface area (Å²) in [7, 11) is 1.73. The predicted molar refractivity (Wildman–Crippen MR) is 99.9 cm³/mol. The van der Waals surface area contributed by atoms with Crippen molar-refractivity contribution in [1.82, 2.24) is 5.32 Å². The monoisotopic (exact) mass is 347 g/mol. The molecule has 2 N–H and O–H groups in total. The molecule has 1 saturated heterocycles. The third kappa shape index (κ3) is 4.96. The normalized spacial score (nSPS) is 23.2. The number of para-hydroxylation sites is 1. The second-order valence-corrected chi connectivity index (χ2v) is 7.67. The molecule has 1 unspecified atom stereocenters. The first-order valence-corrected chi connectivity index (χ1v) is 9.88. The number of nitrogens with one attached hydrogen (secondary N) is 1. The number of ether oxygens (including phenoxy) is 2. The molecule has 4 nitrogen and oxygen atoms in total. The first-order valence-electron chi connectivity index (χ1n) is 9.88. The zero-order valence-electron chi connectivity index (χ0n) is 15.5. The highest BCUT2D eigenvalue weighted by Crippen LogP contribution is 2.42. The molecule has 0 aromatic heterocycles. The summed E-state index contributed by atoms with van der Waals surface area (Å²) >= 11 is 0. The Kier molecular flexibility index (Phi) is 6.74. The fourth-order valence-corrected chi connectivity index (χ4v) is 3.90. The second-order valence-electron chi connectivity index (χ2n) is 7.67. The first kappa shape index (κ1) is 18.7. The summed E-state index contributed by atoms with van der Waals surface area (Å²) in [4.78, 5) is 0. The minimum Gasteiger partial charge on any atom is -0.493 e.